The first-order valence-electron chi connectivity index (χ1n) is 4.49. The van der Waals surface area contributed by atoms with Crippen LogP contribution < -0.4 is 4.74 Å². The molecular formula is C11H12OS2. The van der Waals surface area contributed by atoms with Crippen molar-refractivity contribution in [3.8, 4) is 5.75 Å². The van der Waals surface area contributed by atoms with Crippen molar-refractivity contribution >= 4 is 26.5 Å². The van der Waals surface area contributed by atoms with E-state index >= 15 is 0 Å². The van der Waals surface area contributed by atoms with E-state index in [4.69, 9.17) is 4.74 Å². The van der Waals surface area contributed by atoms with E-state index in [9.17, 15) is 0 Å². The van der Waals surface area contributed by atoms with Crippen LogP contribution in [0.5, 0.6) is 5.75 Å². The van der Waals surface area contributed by atoms with Crippen molar-refractivity contribution in [1.29, 1.82) is 0 Å². The number of rotatable bonds is 2. The van der Waals surface area contributed by atoms with Gasteiger partial charge in [-0.05, 0) is 24.6 Å². The fourth-order valence-electron chi connectivity index (χ4n) is 1.30. The molecule has 0 aromatic heterocycles. The van der Waals surface area contributed by atoms with Crippen LogP contribution in [-0.2, 0) is 0 Å². The van der Waals surface area contributed by atoms with Crippen LogP contribution in [0.2, 0.25) is 0 Å². The zero-order valence-electron chi connectivity index (χ0n) is 8.19. The van der Waals surface area contributed by atoms with Gasteiger partial charge in [0.2, 0.25) is 0 Å². The highest BCUT2D eigenvalue weighted by Crippen LogP contribution is 2.46. The van der Waals surface area contributed by atoms with Crippen molar-refractivity contribution < 1.29 is 4.74 Å². The highest BCUT2D eigenvalue weighted by atomic mass is 33.1. The molecule has 1 aliphatic rings. The SMILES string of the molecule is COc1ccc(C2=CC(C)SS2)cc1. The topological polar surface area (TPSA) is 9.23 Å². The lowest BCUT2D eigenvalue weighted by molar-refractivity contribution is 0.415. The van der Waals surface area contributed by atoms with Crippen LogP contribution in [0.1, 0.15) is 12.5 Å². The van der Waals surface area contributed by atoms with Crippen LogP contribution in [0, 0.1) is 0 Å². The Kier molecular flexibility index (Phi) is 3.08. The average molecular weight is 224 g/mol. The third-order valence-corrected chi connectivity index (χ3v) is 4.88. The van der Waals surface area contributed by atoms with E-state index in [1.807, 2.05) is 33.7 Å². The van der Waals surface area contributed by atoms with Gasteiger partial charge >= 0.3 is 0 Å². The summed E-state index contributed by atoms with van der Waals surface area (Å²) in [6.45, 7) is 2.22. The van der Waals surface area contributed by atoms with Gasteiger partial charge in [0.25, 0.3) is 0 Å². The number of hydrogen-bond acceptors (Lipinski definition) is 3. The van der Waals surface area contributed by atoms with E-state index in [2.05, 4.69) is 25.1 Å². The zero-order valence-corrected chi connectivity index (χ0v) is 9.82. The van der Waals surface area contributed by atoms with E-state index in [0.717, 1.165) is 5.75 Å². The molecule has 1 atom stereocenters. The summed E-state index contributed by atoms with van der Waals surface area (Å²) in [4.78, 5) is 1.37. The summed E-state index contributed by atoms with van der Waals surface area (Å²) in [6.07, 6.45) is 2.30. The molecule has 1 unspecified atom stereocenters. The van der Waals surface area contributed by atoms with Crippen molar-refractivity contribution in [3.63, 3.8) is 0 Å². The van der Waals surface area contributed by atoms with Crippen LogP contribution in [0.25, 0.3) is 4.91 Å². The Morgan fingerprint density at radius 3 is 2.43 bits per heavy atom. The van der Waals surface area contributed by atoms with Crippen LogP contribution in [0.3, 0.4) is 0 Å². The molecule has 0 N–H and O–H groups in total. The van der Waals surface area contributed by atoms with Crippen molar-refractivity contribution in [3.05, 3.63) is 35.9 Å². The minimum atomic E-state index is 0.622. The maximum Gasteiger partial charge on any atom is 0.118 e. The van der Waals surface area contributed by atoms with Gasteiger partial charge in [-0.1, -0.05) is 39.8 Å². The predicted octanol–water partition coefficient (Wildman–Crippen LogP) is 3.82. The molecule has 1 nitrogen and oxygen atoms in total. The second kappa shape index (κ2) is 4.32. The fourth-order valence-corrected chi connectivity index (χ4v) is 3.71. The van der Waals surface area contributed by atoms with Gasteiger partial charge < -0.3 is 4.74 Å². The predicted molar refractivity (Wildman–Crippen MR) is 65.6 cm³/mol. The van der Waals surface area contributed by atoms with E-state index in [-0.39, 0.29) is 0 Å². The fraction of sp³-hybridized carbons (Fsp3) is 0.273. The standard InChI is InChI=1S/C11H12OS2/c1-8-7-11(14-13-8)9-3-5-10(12-2)6-4-9/h3-8H,1-2H3. The van der Waals surface area contributed by atoms with Gasteiger partial charge in [-0.3, -0.25) is 0 Å². The molecule has 1 aromatic carbocycles. The quantitative estimate of drug-likeness (QED) is 0.707. The highest BCUT2D eigenvalue weighted by molar-refractivity contribution is 8.80. The number of hydrogen-bond donors (Lipinski definition) is 0. The molecule has 0 radical (unpaired) electrons. The first-order chi connectivity index (χ1) is 6.79. The molecule has 0 spiro atoms. The van der Waals surface area contributed by atoms with Gasteiger partial charge in [0.05, 0.1) is 7.11 Å². The van der Waals surface area contributed by atoms with E-state index in [0.29, 0.717) is 5.25 Å². The van der Waals surface area contributed by atoms with Crippen molar-refractivity contribution in [2.24, 2.45) is 0 Å². The Morgan fingerprint density at radius 2 is 1.93 bits per heavy atom. The van der Waals surface area contributed by atoms with Gasteiger partial charge in [0.1, 0.15) is 5.75 Å². The molecule has 1 aromatic rings. The van der Waals surface area contributed by atoms with Gasteiger partial charge in [0, 0.05) is 10.2 Å². The Hall–Kier alpha value is -0.540. The Labute approximate surface area is 92.3 Å². The van der Waals surface area contributed by atoms with Gasteiger partial charge in [-0.25, -0.2) is 0 Å². The Morgan fingerprint density at radius 1 is 1.21 bits per heavy atom. The lowest BCUT2D eigenvalue weighted by Crippen LogP contribution is -1.83. The van der Waals surface area contributed by atoms with E-state index < -0.39 is 0 Å². The number of ether oxygens (including phenoxy) is 1. The van der Waals surface area contributed by atoms with E-state index in [1.165, 1.54) is 10.5 Å². The second-order valence-electron chi connectivity index (χ2n) is 3.14. The summed E-state index contributed by atoms with van der Waals surface area (Å²) >= 11 is 0. The Bertz CT molecular complexity index is 343. The van der Waals surface area contributed by atoms with Crippen molar-refractivity contribution in [1.82, 2.24) is 0 Å². The van der Waals surface area contributed by atoms with Crippen LogP contribution in [0.4, 0.5) is 0 Å². The minimum absolute atomic E-state index is 0.622. The summed E-state index contributed by atoms with van der Waals surface area (Å²) in [5, 5.41) is 0.622. The number of methoxy groups -OCH3 is 1. The molecule has 3 heteroatoms. The maximum atomic E-state index is 5.12. The molecule has 74 valence electrons. The van der Waals surface area contributed by atoms with Crippen LogP contribution in [-0.4, -0.2) is 12.4 Å². The molecule has 14 heavy (non-hydrogen) atoms. The summed E-state index contributed by atoms with van der Waals surface area (Å²) in [6, 6.07) is 8.22. The molecule has 0 fully saturated rings. The van der Waals surface area contributed by atoms with E-state index in [1.54, 1.807) is 7.11 Å². The molecule has 0 saturated carbocycles. The Balaban J connectivity index is 2.21. The monoisotopic (exact) mass is 224 g/mol. The molecule has 1 aliphatic heterocycles. The first kappa shape index (κ1) is 9.99. The molecule has 0 amide bonds. The zero-order chi connectivity index (χ0) is 9.97. The molecule has 0 aliphatic carbocycles. The largest absolute Gasteiger partial charge is 0.497 e. The summed E-state index contributed by atoms with van der Waals surface area (Å²) in [5.41, 5.74) is 1.28. The van der Waals surface area contributed by atoms with Gasteiger partial charge in [-0.15, -0.1) is 0 Å². The lowest BCUT2D eigenvalue weighted by atomic mass is 10.2. The molecule has 0 saturated heterocycles. The molecular weight excluding hydrogens is 212 g/mol. The highest BCUT2D eigenvalue weighted by Gasteiger charge is 2.14. The lowest BCUT2D eigenvalue weighted by Gasteiger charge is -2.02. The summed E-state index contributed by atoms with van der Waals surface area (Å²) in [5.74, 6) is 0.915. The normalized spacial score (nSPS) is 20.7. The first-order valence-corrected chi connectivity index (χ1v) is 6.70. The smallest absolute Gasteiger partial charge is 0.118 e. The second-order valence-corrected chi connectivity index (χ2v) is 5.76. The van der Waals surface area contributed by atoms with Crippen molar-refractivity contribution in [2.75, 3.05) is 7.11 Å². The molecule has 0 bridgehead atoms. The third-order valence-electron chi connectivity index (χ3n) is 2.05. The number of benzene rings is 1. The van der Waals surface area contributed by atoms with Crippen LogP contribution in [0.15, 0.2) is 30.3 Å². The maximum absolute atomic E-state index is 5.12. The average Bonchev–Trinajstić information content (AvgIpc) is 2.65. The third kappa shape index (κ3) is 2.10. The summed E-state index contributed by atoms with van der Waals surface area (Å²) < 4.78 is 5.12. The van der Waals surface area contributed by atoms with Crippen molar-refractivity contribution in [2.45, 2.75) is 12.2 Å². The van der Waals surface area contributed by atoms with Gasteiger partial charge in [-0.2, -0.15) is 0 Å². The molecule has 2 rings (SSSR count). The van der Waals surface area contributed by atoms with Crippen LogP contribution >= 0.6 is 21.6 Å². The minimum Gasteiger partial charge on any atom is -0.497 e. The summed E-state index contributed by atoms with van der Waals surface area (Å²) in [7, 11) is 5.45. The van der Waals surface area contributed by atoms with Gasteiger partial charge in [0.15, 0.2) is 0 Å². The molecule has 1 heterocycles.